The highest BCUT2D eigenvalue weighted by Gasteiger charge is 2.12. The zero-order valence-electron chi connectivity index (χ0n) is 14.9. The van der Waals surface area contributed by atoms with E-state index in [-0.39, 0.29) is 11.7 Å². The van der Waals surface area contributed by atoms with E-state index in [0.717, 1.165) is 22.0 Å². The molecular weight excluding hydrogens is 352 g/mol. The number of fused-ring (bicyclic) bond motifs is 2. The second-order valence-electron chi connectivity index (χ2n) is 6.55. The number of carbonyl (C=O) groups is 1. The highest BCUT2D eigenvalue weighted by Crippen LogP contribution is 2.21. The zero-order chi connectivity index (χ0) is 18.9. The fourth-order valence-corrected chi connectivity index (χ4v) is 3.16. The van der Waals surface area contributed by atoms with E-state index in [0.29, 0.717) is 23.6 Å². The summed E-state index contributed by atoms with van der Waals surface area (Å²) in [6.45, 7) is 0. The lowest BCUT2D eigenvalue weighted by molar-refractivity contribution is 0.0998. The Hall–Kier alpha value is -3.86. The summed E-state index contributed by atoms with van der Waals surface area (Å²) >= 11 is 0. The molecular formula is C23H16N2O3. The molecule has 0 atom stereocenters. The molecule has 0 unspecified atom stereocenters. The van der Waals surface area contributed by atoms with Crippen LogP contribution in [0.2, 0.25) is 0 Å². The minimum atomic E-state index is -0.275. The molecule has 2 aromatic heterocycles. The van der Waals surface area contributed by atoms with Crippen LogP contribution in [0.4, 0.5) is 5.69 Å². The van der Waals surface area contributed by atoms with Crippen molar-refractivity contribution >= 4 is 33.7 Å². The summed E-state index contributed by atoms with van der Waals surface area (Å²) in [5, 5.41) is 3.76. The van der Waals surface area contributed by atoms with Gasteiger partial charge in [0.25, 0.3) is 5.91 Å². The van der Waals surface area contributed by atoms with Gasteiger partial charge in [-0.3, -0.25) is 4.79 Å². The SMILES string of the molecule is O=C(Nc1ccc(Cc2nc3ccccc3o2)cc1)c1cc2ccccc2o1. The monoisotopic (exact) mass is 368 g/mol. The summed E-state index contributed by atoms with van der Waals surface area (Å²) in [7, 11) is 0. The molecule has 1 N–H and O–H groups in total. The van der Waals surface area contributed by atoms with Crippen LogP contribution in [0.1, 0.15) is 22.0 Å². The molecule has 5 rings (SSSR count). The number of rotatable bonds is 4. The van der Waals surface area contributed by atoms with Gasteiger partial charge in [0.1, 0.15) is 11.1 Å². The van der Waals surface area contributed by atoms with Crippen LogP contribution in [0, 0.1) is 0 Å². The molecule has 136 valence electrons. The lowest BCUT2D eigenvalue weighted by Gasteiger charge is -2.04. The van der Waals surface area contributed by atoms with E-state index < -0.39 is 0 Å². The van der Waals surface area contributed by atoms with E-state index in [9.17, 15) is 4.79 Å². The molecule has 5 aromatic rings. The molecule has 2 heterocycles. The van der Waals surface area contributed by atoms with Crippen molar-refractivity contribution in [3.8, 4) is 0 Å². The van der Waals surface area contributed by atoms with Gasteiger partial charge in [0.15, 0.2) is 17.2 Å². The van der Waals surface area contributed by atoms with Gasteiger partial charge in [-0.15, -0.1) is 0 Å². The van der Waals surface area contributed by atoms with Gasteiger partial charge in [-0.25, -0.2) is 4.98 Å². The molecule has 0 fully saturated rings. The Labute approximate surface area is 160 Å². The lowest BCUT2D eigenvalue weighted by atomic mass is 10.1. The van der Waals surface area contributed by atoms with Gasteiger partial charge in [-0.05, 0) is 42.0 Å². The minimum absolute atomic E-state index is 0.275. The van der Waals surface area contributed by atoms with Crippen molar-refractivity contribution in [1.82, 2.24) is 4.98 Å². The number of nitrogens with zero attached hydrogens (tertiary/aromatic N) is 1. The fraction of sp³-hybridized carbons (Fsp3) is 0.0435. The maximum absolute atomic E-state index is 12.4. The lowest BCUT2D eigenvalue weighted by Crippen LogP contribution is -2.10. The highest BCUT2D eigenvalue weighted by atomic mass is 16.4. The number of anilines is 1. The Morgan fingerprint density at radius 2 is 1.61 bits per heavy atom. The Bertz CT molecular complexity index is 1220. The van der Waals surface area contributed by atoms with E-state index in [1.54, 1.807) is 6.07 Å². The van der Waals surface area contributed by atoms with Crippen molar-refractivity contribution < 1.29 is 13.6 Å². The number of benzene rings is 3. The van der Waals surface area contributed by atoms with Gasteiger partial charge in [0, 0.05) is 17.5 Å². The van der Waals surface area contributed by atoms with E-state index >= 15 is 0 Å². The highest BCUT2D eigenvalue weighted by molar-refractivity contribution is 6.04. The zero-order valence-corrected chi connectivity index (χ0v) is 14.9. The number of furan rings is 1. The van der Waals surface area contributed by atoms with Crippen molar-refractivity contribution in [2.45, 2.75) is 6.42 Å². The molecule has 0 aliphatic heterocycles. The Kier molecular flexibility index (Phi) is 3.91. The van der Waals surface area contributed by atoms with Gasteiger partial charge in [0.05, 0.1) is 0 Å². The number of hydrogen-bond acceptors (Lipinski definition) is 4. The van der Waals surface area contributed by atoms with E-state index in [2.05, 4.69) is 10.3 Å². The van der Waals surface area contributed by atoms with Crippen LogP contribution in [-0.2, 0) is 6.42 Å². The topological polar surface area (TPSA) is 68.3 Å². The quantitative estimate of drug-likeness (QED) is 0.460. The number of para-hydroxylation sites is 3. The van der Waals surface area contributed by atoms with Gasteiger partial charge >= 0.3 is 0 Å². The summed E-state index contributed by atoms with van der Waals surface area (Å²) in [6.07, 6.45) is 0.590. The first-order chi connectivity index (χ1) is 13.7. The minimum Gasteiger partial charge on any atom is -0.451 e. The van der Waals surface area contributed by atoms with Crippen molar-refractivity contribution in [1.29, 1.82) is 0 Å². The van der Waals surface area contributed by atoms with Crippen LogP contribution in [0.15, 0.2) is 87.7 Å². The van der Waals surface area contributed by atoms with Crippen molar-refractivity contribution in [2.24, 2.45) is 0 Å². The molecule has 0 saturated carbocycles. The Morgan fingerprint density at radius 3 is 2.39 bits per heavy atom. The number of aromatic nitrogens is 1. The number of nitrogens with one attached hydrogen (secondary N) is 1. The fourth-order valence-electron chi connectivity index (χ4n) is 3.16. The maximum atomic E-state index is 12.4. The Morgan fingerprint density at radius 1 is 0.857 bits per heavy atom. The standard InChI is InChI=1S/C23H16N2O3/c26-23(21-14-16-5-1-3-7-19(16)27-21)24-17-11-9-15(10-12-17)13-22-25-18-6-2-4-8-20(18)28-22/h1-12,14H,13H2,(H,24,26). The molecule has 1 amide bonds. The second kappa shape index (κ2) is 6.70. The van der Waals surface area contributed by atoms with E-state index in [1.165, 1.54) is 0 Å². The third-order valence-corrected chi connectivity index (χ3v) is 4.55. The molecule has 0 spiro atoms. The molecule has 0 radical (unpaired) electrons. The third-order valence-electron chi connectivity index (χ3n) is 4.55. The van der Waals surface area contributed by atoms with Crippen LogP contribution >= 0.6 is 0 Å². The van der Waals surface area contributed by atoms with Crippen molar-refractivity contribution in [3.63, 3.8) is 0 Å². The number of carbonyl (C=O) groups excluding carboxylic acids is 1. The van der Waals surface area contributed by atoms with Crippen LogP contribution in [0.5, 0.6) is 0 Å². The first-order valence-electron chi connectivity index (χ1n) is 8.98. The molecule has 3 aromatic carbocycles. The normalized spacial score (nSPS) is 11.1. The van der Waals surface area contributed by atoms with Gasteiger partial charge < -0.3 is 14.2 Å². The van der Waals surface area contributed by atoms with E-state index in [1.807, 2.05) is 72.8 Å². The van der Waals surface area contributed by atoms with Crippen LogP contribution < -0.4 is 5.32 Å². The van der Waals surface area contributed by atoms with Crippen molar-refractivity contribution in [3.05, 3.63) is 96.1 Å². The van der Waals surface area contributed by atoms with Crippen LogP contribution in [-0.4, -0.2) is 10.9 Å². The Balaban J connectivity index is 1.29. The molecule has 0 saturated heterocycles. The number of amides is 1. The smallest absolute Gasteiger partial charge is 0.291 e. The average Bonchev–Trinajstić information content (AvgIpc) is 3.33. The van der Waals surface area contributed by atoms with Crippen LogP contribution in [0.25, 0.3) is 22.1 Å². The summed E-state index contributed by atoms with van der Waals surface area (Å²) in [5.74, 6) is 0.680. The summed E-state index contributed by atoms with van der Waals surface area (Å²) in [6, 6.07) is 24.6. The summed E-state index contributed by atoms with van der Waals surface area (Å²) < 4.78 is 11.4. The third kappa shape index (κ3) is 3.14. The predicted molar refractivity (Wildman–Crippen MR) is 107 cm³/mol. The first kappa shape index (κ1) is 16.3. The summed E-state index contributed by atoms with van der Waals surface area (Å²) in [4.78, 5) is 16.9. The molecule has 5 heteroatoms. The maximum Gasteiger partial charge on any atom is 0.291 e. The summed E-state index contributed by atoms with van der Waals surface area (Å²) in [5.41, 5.74) is 4.08. The number of hydrogen-bond donors (Lipinski definition) is 1. The van der Waals surface area contributed by atoms with Gasteiger partial charge in [-0.1, -0.05) is 42.5 Å². The molecule has 0 aliphatic rings. The molecule has 0 aliphatic carbocycles. The van der Waals surface area contributed by atoms with Gasteiger partial charge in [0.2, 0.25) is 0 Å². The van der Waals surface area contributed by atoms with Gasteiger partial charge in [-0.2, -0.15) is 0 Å². The predicted octanol–water partition coefficient (Wildman–Crippen LogP) is 5.42. The molecule has 0 bridgehead atoms. The second-order valence-corrected chi connectivity index (χ2v) is 6.55. The first-order valence-corrected chi connectivity index (χ1v) is 8.98. The largest absolute Gasteiger partial charge is 0.451 e. The molecule has 28 heavy (non-hydrogen) atoms. The molecule has 5 nitrogen and oxygen atoms in total. The average molecular weight is 368 g/mol. The van der Waals surface area contributed by atoms with E-state index in [4.69, 9.17) is 8.83 Å². The van der Waals surface area contributed by atoms with Crippen LogP contribution in [0.3, 0.4) is 0 Å². The number of oxazole rings is 1. The van der Waals surface area contributed by atoms with Crippen molar-refractivity contribution in [2.75, 3.05) is 5.32 Å².